The van der Waals surface area contributed by atoms with Crippen molar-refractivity contribution in [1.82, 2.24) is 10.2 Å². The predicted octanol–water partition coefficient (Wildman–Crippen LogP) is 3.03. The zero-order chi connectivity index (χ0) is 19.4. The van der Waals surface area contributed by atoms with Gasteiger partial charge in [0.05, 0.1) is 5.92 Å². The van der Waals surface area contributed by atoms with Gasteiger partial charge in [-0.05, 0) is 44.7 Å². The van der Waals surface area contributed by atoms with Crippen molar-refractivity contribution in [3.63, 3.8) is 0 Å². The van der Waals surface area contributed by atoms with Crippen LogP contribution in [0, 0.1) is 11.3 Å². The summed E-state index contributed by atoms with van der Waals surface area (Å²) in [4.78, 5) is 27.6. The molecule has 1 aromatic carbocycles. The first kappa shape index (κ1) is 19.7. The topological polar surface area (TPSA) is 70.7 Å². The zero-order valence-corrected chi connectivity index (χ0v) is 16.6. The van der Waals surface area contributed by atoms with Crippen molar-refractivity contribution < 1.29 is 14.3 Å². The van der Waals surface area contributed by atoms with Crippen LogP contribution in [0.1, 0.15) is 39.2 Å². The number of hydrogen-bond acceptors (Lipinski definition) is 3. The number of rotatable bonds is 4. The average molecular weight is 373 g/mol. The molecule has 2 aliphatic rings. The van der Waals surface area contributed by atoms with Crippen molar-refractivity contribution in [1.29, 1.82) is 0 Å². The maximum absolute atomic E-state index is 13.0. The molecule has 1 atom stereocenters. The number of benzene rings is 1. The van der Waals surface area contributed by atoms with Gasteiger partial charge in [0.1, 0.15) is 0 Å². The number of ether oxygens (including phenoxy) is 1. The Morgan fingerprint density at radius 2 is 1.96 bits per heavy atom. The number of hydrogen-bond donors (Lipinski definition) is 2. The molecule has 6 nitrogen and oxygen atoms in total. The SMILES string of the molecule is CCc1ccccc1NC(=O)N1CC(C(=O)NC(C)C)C2(CCOCC2)C1. The number of para-hydroxylation sites is 1. The van der Waals surface area contributed by atoms with Crippen LogP contribution in [0.25, 0.3) is 0 Å². The van der Waals surface area contributed by atoms with E-state index in [0.29, 0.717) is 26.3 Å². The zero-order valence-electron chi connectivity index (χ0n) is 16.6. The normalized spacial score (nSPS) is 21.5. The van der Waals surface area contributed by atoms with Crippen molar-refractivity contribution in [3.8, 4) is 0 Å². The molecule has 1 spiro atoms. The fourth-order valence-corrected chi connectivity index (χ4v) is 4.30. The van der Waals surface area contributed by atoms with E-state index in [2.05, 4.69) is 17.6 Å². The van der Waals surface area contributed by atoms with Crippen molar-refractivity contribution in [2.45, 2.75) is 46.1 Å². The first-order valence-electron chi connectivity index (χ1n) is 9.97. The summed E-state index contributed by atoms with van der Waals surface area (Å²) in [6.45, 7) is 8.37. The second-order valence-corrected chi connectivity index (χ2v) is 8.01. The summed E-state index contributed by atoms with van der Waals surface area (Å²) >= 11 is 0. The Hall–Kier alpha value is -2.08. The molecule has 0 aliphatic carbocycles. The van der Waals surface area contributed by atoms with E-state index in [4.69, 9.17) is 4.74 Å². The fourth-order valence-electron chi connectivity index (χ4n) is 4.30. The van der Waals surface area contributed by atoms with E-state index in [1.807, 2.05) is 43.0 Å². The van der Waals surface area contributed by atoms with Crippen LogP contribution in [0.4, 0.5) is 10.5 Å². The molecule has 0 bridgehead atoms. The van der Waals surface area contributed by atoms with E-state index in [1.54, 1.807) is 0 Å². The Balaban J connectivity index is 1.76. The maximum Gasteiger partial charge on any atom is 0.321 e. The molecule has 0 radical (unpaired) electrons. The molecule has 27 heavy (non-hydrogen) atoms. The molecule has 2 N–H and O–H groups in total. The van der Waals surface area contributed by atoms with E-state index in [-0.39, 0.29) is 29.3 Å². The molecule has 6 heteroatoms. The number of aryl methyl sites for hydroxylation is 1. The van der Waals surface area contributed by atoms with Crippen LogP contribution < -0.4 is 10.6 Å². The molecule has 1 unspecified atom stereocenters. The highest BCUT2D eigenvalue weighted by Gasteiger charge is 2.51. The summed E-state index contributed by atoms with van der Waals surface area (Å²) in [5.74, 6) is -0.132. The minimum absolute atomic E-state index is 0.0520. The first-order valence-corrected chi connectivity index (χ1v) is 9.97. The van der Waals surface area contributed by atoms with Gasteiger partial charge in [0, 0.05) is 43.4 Å². The number of likely N-dealkylation sites (tertiary alicyclic amines) is 1. The van der Waals surface area contributed by atoms with Gasteiger partial charge >= 0.3 is 6.03 Å². The lowest BCUT2D eigenvalue weighted by Gasteiger charge is -2.37. The maximum atomic E-state index is 13.0. The third-order valence-corrected chi connectivity index (χ3v) is 5.81. The summed E-state index contributed by atoms with van der Waals surface area (Å²) in [6.07, 6.45) is 2.49. The molecule has 3 rings (SSSR count). The predicted molar refractivity (Wildman–Crippen MR) is 106 cm³/mol. The van der Waals surface area contributed by atoms with E-state index in [1.165, 1.54) is 0 Å². The van der Waals surface area contributed by atoms with Crippen molar-refractivity contribution in [2.24, 2.45) is 11.3 Å². The third kappa shape index (κ3) is 4.26. The van der Waals surface area contributed by atoms with Gasteiger partial charge in [-0.2, -0.15) is 0 Å². The quantitative estimate of drug-likeness (QED) is 0.852. The molecular weight excluding hydrogens is 342 g/mol. The van der Waals surface area contributed by atoms with E-state index in [0.717, 1.165) is 30.5 Å². The Morgan fingerprint density at radius 1 is 1.26 bits per heavy atom. The summed E-state index contributed by atoms with van der Waals surface area (Å²) in [7, 11) is 0. The Bertz CT molecular complexity index is 683. The third-order valence-electron chi connectivity index (χ3n) is 5.81. The number of nitrogens with one attached hydrogen (secondary N) is 2. The lowest BCUT2D eigenvalue weighted by molar-refractivity contribution is -0.130. The molecule has 3 amide bonds. The molecule has 2 heterocycles. The van der Waals surface area contributed by atoms with Crippen LogP contribution in [-0.2, 0) is 16.0 Å². The van der Waals surface area contributed by atoms with Gasteiger partial charge in [-0.25, -0.2) is 4.79 Å². The first-order chi connectivity index (χ1) is 12.9. The van der Waals surface area contributed by atoms with Gasteiger partial charge in [-0.1, -0.05) is 25.1 Å². The Kier molecular flexibility index (Phi) is 6.05. The van der Waals surface area contributed by atoms with Crippen molar-refractivity contribution in [3.05, 3.63) is 29.8 Å². The van der Waals surface area contributed by atoms with E-state index in [9.17, 15) is 9.59 Å². The highest BCUT2D eigenvalue weighted by atomic mass is 16.5. The number of carbonyl (C=O) groups excluding carboxylic acids is 2. The van der Waals surface area contributed by atoms with Gasteiger partial charge < -0.3 is 20.3 Å². The van der Waals surface area contributed by atoms with Crippen LogP contribution >= 0.6 is 0 Å². The number of carbonyl (C=O) groups is 2. The van der Waals surface area contributed by atoms with Gasteiger partial charge in [-0.3, -0.25) is 4.79 Å². The van der Waals surface area contributed by atoms with E-state index < -0.39 is 0 Å². The van der Waals surface area contributed by atoms with Gasteiger partial charge in [0.25, 0.3) is 0 Å². The number of urea groups is 1. The standard InChI is InChI=1S/C21H31N3O3/c1-4-16-7-5-6-8-18(16)23-20(26)24-13-17(19(25)22-15(2)3)21(14-24)9-11-27-12-10-21/h5-8,15,17H,4,9-14H2,1-3H3,(H,22,25)(H,23,26). The molecule has 2 aliphatic heterocycles. The molecule has 148 valence electrons. The second kappa shape index (κ2) is 8.30. The van der Waals surface area contributed by atoms with Crippen LogP contribution in [0.15, 0.2) is 24.3 Å². The largest absolute Gasteiger partial charge is 0.381 e. The molecule has 2 saturated heterocycles. The molecule has 1 aromatic rings. The van der Waals surface area contributed by atoms with Crippen LogP contribution in [0.2, 0.25) is 0 Å². The van der Waals surface area contributed by atoms with Gasteiger partial charge in [0.15, 0.2) is 0 Å². The molecule has 0 saturated carbocycles. The smallest absolute Gasteiger partial charge is 0.321 e. The van der Waals surface area contributed by atoms with Crippen LogP contribution in [0.5, 0.6) is 0 Å². The van der Waals surface area contributed by atoms with Crippen molar-refractivity contribution >= 4 is 17.6 Å². The lowest BCUT2D eigenvalue weighted by Crippen LogP contribution is -2.46. The number of amides is 3. The van der Waals surface area contributed by atoms with Crippen molar-refractivity contribution in [2.75, 3.05) is 31.6 Å². The van der Waals surface area contributed by atoms with E-state index >= 15 is 0 Å². The van der Waals surface area contributed by atoms with Crippen LogP contribution in [-0.4, -0.2) is 49.2 Å². The highest BCUT2D eigenvalue weighted by molar-refractivity contribution is 5.91. The minimum Gasteiger partial charge on any atom is -0.381 e. The highest BCUT2D eigenvalue weighted by Crippen LogP contribution is 2.44. The summed E-state index contributed by atoms with van der Waals surface area (Å²) in [5.41, 5.74) is 1.78. The minimum atomic E-state index is -0.184. The molecular formula is C21H31N3O3. The lowest BCUT2D eigenvalue weighted by atomic mass is 9.71. The van der Waals surface area contributed by atoms with Crippen LogP contribution in [0.3, 0.4) is 0 Å². The number of anilines is 1. The number of nitrogens with zero attached hydrogens (tertiary/aromatic N) is 1. The van der Waals surface area contributed by atoms with Gasteiger partial charge in [0.2, 0.25) is 5.91 Å². The molecule has 2 fully saturated rings. The Morgan fingerprint density at radius 3 is 2.63 bits per heavy atom. The molecule has 0 aromatic heterocycles. The monoisotopic (exact) mass is 373 g/mol. The summed E-state index contributed by atoms with van der Waals surface area (Å²) in [5, 5.41) is 6.10. The average Bonchev–Trinajstić information content (AvgIpc) is 3.01. The second-order valence-electron chi connectivity index (χ2n) is 8.01. The fraction of sp³-hybridized carbons (Fsp3) is 0.619. The van der Waals surface area contributed by atoms with Gasteiger partial charge in [-0.15, -0.1) is 0 Å². The summed E-state index contributed by atoms with van der Waals surface area (Å²) < 4.78 is 5.54. The summed E-state index contributed by atoms with van der Waals surface area (Å²) in [6, 6.07) is 7.83. The Labute approximate surface area is 161 Å².